The van der Waals surface area contributed by atoms with Crippen LogP contribution in [0.2, 0.25) is 0 Å². The minimum Gasteiger partial charge on any atom is -0.393 e. The Kier molecular flexibility index (Phi) is 3.28. The van der Waals surface area contributed by atoms with E-state index in [9.17, 15) is 9.90 Å². The zero-order chi connectivity index (χ0) is 13.4. The van der Waals surface area contributed by atoms with Gasteiger partial charge < -0.3 is 10.4 Å². The molecule has 1 aliphatic carbocycles. The van der Waals surface area contributed by atoms with Gasteiger partial charge in [0.05, 0.1) is 6.10 Å². The molecule has 1 fully saturated rings. The SMILES string of the molecule is Cc1c(C(=O)NC[C@@H]2CCC[C@H]2O)sc2nccn12. The van der Waals surface area contributed by atoms with Crippen LogP contribution in [-0.4, -0.2) is 33.0 Å². The highest BCUT2D eigenvalue weighted by molar-refractivity contribution is 7.19. The first-order valence-corrected chi connectivity index (χ1v) is 7.37. The number of aliphatic hydroxyl groups excluding tert-OH is 1. The van der Waals surface area contributed by atoms with Crippen molar-refractivity contribution < 1.29 is 9.90 Å². The number of imidazole rings is 1. The summed E-state index contributed by atoms with van der Waals surface area (Å²) in [5.41, 5.74) is 0.918. The molecule has 0 unspecified atom stereocenters. The van der Waals surface area contributed by atoms with E-state index in [2.05, 4.69) is 10.3 Å². The molecule has 3 rings (SSSR count). The quantitative estimate of drug-likeness (QED) is 0.896. The average Bonchev–Trinajstić information content (AvgIpc) is 3.06. The number of hydrogen-bond acceptors (Lipinski definition) is 4. The molecule has 1 amide bonds. The van der Waals surface area contributed by atoms with Gasteiger partial charge >= 0.3 is 0 Å². The molecule has 2 heterocycles. The van der Waals surface area contributed by atoms with E-state index >= 15 is 0 Å². The Hall–Kier alpha value is -1.40. The number of aliphatic hydroxyl groups is 1. The lowest BCUT2D eigenvalue weighted by molar-refractivity contribution is 0.0920. The first kappa shape index (κ1) is 12.6. The second kappa shape index (κ2) is 4.94. The van der Waals surface area contributed by atoms with Gasteiger partial charge in [-0.3, -0.25) is 9.20 Å². The molecular formula is C13H17N3O2S. The van der Waals surface area contributed by atoms with Gasteiger partial charge in [-0.1, -0.05) is 17.8 Å². The zero-order valence-electron chi connectivity index (χ0n) is 10.8. The Morgan fingerprint density at radius 2 is 2.47 bits per heavy atom. The maximum atomic E-state index is 12.2. The fraction of sp³-hybridized carbons (Fsp3) is 0.538. The van der Waals surface area contributed by atoms with E-state index < -0.39 is 0 Å². The smallest absolute Gasteiger partial charge is 0.263 e. The van der Waals surface area contributed by atoms with Crippen LogP contribution in [0.5, 0.6) is 0 Å². The third-order valence-corrected chi connectivity index (χ3v) is 5.01. The second-order valence-electron chi connectivity index (χ2n) is 5.06. The molecule has 0 bridgehead atoms. The highest BCUT2D eigenvalue weighted by Gasteiger charge is 2.26. The molecule has 0 aromatic carbocycles. The summed E-state index contributed by atoms with van der Waals surface area (Å²) in [5, 5.41) is 12.7. The first-order chi connectivity index (χ1) is 9.16. The third kappa shape index (κ3) is 2.26. The molecule has 0 spiro atoms. The van der Waals surface area contributed by atoms with Crippen molar-refractivity contribution in [2.24, 2.45) is 5.92 Å². The number of aryl methyl sites for hydroxylation is 1. The fourth-order valence-corrected chi connectivity index (χ4v) is 3.67. The monoisotopic (exact) mass is 279 g/mol. The van der Waals surface area contributed by atoms with Crippen LogP contribution in [0, 0.1) is 12.8 Å². The van der Waals surface area contributed by atoms with E-state index in [4.69, 9.17) is 0 Å². The van der Waals surface area contributed by atoms with Crippen LogP contribution in [0.25, 0.3) is 4.96 Å². The van der Waals surface area contributed by atoms with E-state index in [0.717, 1.165) is 29.9 Å². The summed E-state index contributed by atoms with van der Waals surface area (Å²) >= 11 is 1.40. The van der Waals surface area contributed by atoms with Crippen molar-refractivity contribution in [2.75, 3.05) is 6.54 Å². The van der Waals surface area contributed by atoms with Crippen LogP contribution in [0.15, 0.2) is 12.4 Å². The van der Waals surface area contributed by atoms with Crippen molar-refractivity contribution in [2.45, 2.75) is 32.3 Å². The lowest BCUT2D eigenvalue weighted by Gasteiger charge is -2.14. The number of rotatable bonds is 3. The maximum Gasteiger partial charge on any atom is 0.263 e. The summed E-state index contributed by atoms with van der Waals surface area (Å²) in [6, 6.07) is 0. The molecule has 2 aromatic heterocycles. The summed E-state index contributed by atoms with van der Waals surface area (Å²) in [6.45, 7) is 2.48. The molecule has 19 heavy (non-hydrogen) atoms. The molecule has 102 valence electrons. The average molecular weight is 279 g/mol. The van der Waals surface area contributed by atoms with Gasteiger partial charge in [-0.05, 0) is 19.8 Å². The first-order valence-electron chi connectivity index (χ1n) is 6.55. The summed E-state index contributed by atoms with van der Waals surface area (Å²) < 4.78 is 1.92. The molecule has 6 heteroatoms. The van der Waals surface area contributed by atoms with Gasteiger partial charge in [0.2, 0.25) is 0 Å². The molecule has 0 saturated heterocycles. The number of fused-ring (bicyclic) bond motifs is 1. The van der Waals surface area contributed by atoms with E-state index in [1.54, 1.807) is 6.20 Å². The lowest BCUT2D eigenvalue weighted by atomic mass is 10.1. The summed E-state index contributed by atoms with van der Waals surface area (Å²) in [5.74, 6) is 0.139. The molecule has 1 saturated carbocycles. The summed E-state index contributed by atoms with van der Waals surface area (Å²) in [6.07, 6.45) is 6.23. The molecule has 0 aliphatic heterocycles. The van der Waals surface area contributed by atoms with Crippen LogP contribution in [0.4, 0.5) is 0 Å². The predicted molar refractivity (Wildman–Crippen MR) is 73.5 cm³/mol. The number of nitrogens with zero attached hydrogens (tertiary/aromatic N) is 2. The molecule has 0 radical (unpaired) electrons. The number of aromatic nitrogens is 2. The molecule has 2 N–H and O–H groups in total. The number of carbonyl (C=O) groups excluding carboxylic acids is 1. The van der Waals surface area contributed by atoms with Crippen molar-refractivity contribution in [3.63, 3.8) is 0 Å². The Labute approximate surface area is 115 Å². The van der Waals surface area contributed by atoms with Crippen LogP contribution in [0.1, 0.15) is 34.6 Å². The standard InChI is InChI=1S/C13H17N3O2S/c1-8-11(19-13-14-5-6-16(8)13)12(18)15-7-9-3-2-4-10(9)17/h5-6,9-10,17H,2-4,7H2,1H3,(H,15,18)/t9-,10+/m0/s1. The Morgan fingerprint density at radius 1 is 1.63 bits per heavy atom. The number of hydrogen-bond donors (Lipinski definition) is 2. The van der Waals surface area contributed by atoms with Crippen LogP contribution in [0.3, 0.4) is 0 Å². The van der Waals surface area contributed by atoms with Gasteiger partial charge in [-0.25, -0.2) is 4.98 Å². The van der Waals surface area contributed by atoms with Crippen molar-refractivity contribution in [1.29, 1.82) is 0 Å². The van der Waals surface area contributed by atoms with Crippen molar-refractivity contribution in [3.05, 3.63) is 23.0 Å². The molecule has 2 aromatic rings. The van der Waals surface area contributed by atoms with Crippen molar-refractivity contribution >= 4 is 22.2 Å². The normalized spacial score (nSPS) is 23.1. The number of carbonyl (C=O) groups is 1. The number of amides is 1. The number of thiazole rings is 1. The van der Waals surface area contributed by atoms with E-state index in [0.29, 0.717) is 11.4 Å². The zero-order valence-corrected chi connectivity index (χ0v) is 11.6. The Bertz CT molecular complexity index is 604. The van der Waals surface area contributed by atoms with Gasteiger partial charge in [0.1, 0.15) is 4.88 Å². The van der Waals surface area contributed by atoms with E-state index in [1.807, 2.05) is 17.5 Å². The van der Waals surface area contributed by atoms with Crippen LogP contribution in [-0.2, 0) is 0 Å². The molecule has 2 atom stereocenters. The molecular weight excluding hydrogens is 262 g/mol. The minimum absolute atomic E-state index is 0.0629. The van der Waals surface area contributed by atoms with E-state index in [1.165, 1.54) is 11.3 Å². The predicted octanol–water partition coefficient (Wildman–Crippen LogP) is 1.60. The van der Waals surface area contributed by atoms with Crippen LogP contribution >= 0.6 is 11.3 Å². The Balaban J connectivity index is 1.69. The summed E-state index contributed by atoms with van der Waals surface area (Å²) in [7, 11) is 0. The van der Waals surface area contributed by atoms with Gasteiger partial charge in [0, 0.05) is 30.6 Å². The molecule has 5 nitrogen and oxygen atoms in total. The van der Waals surface area contributed by atoms with Crippen LogP contribution < -0.4 is 5.32 Å². The van der Waals surface area contributed by atoms with E-state index in [-0.39, 0.29) is 17.9 Å². The second-order valence-corrected chi connectivity index (χ2v) is 6.04. The van der Waals surface area contributed by atoms with Crippen molar-refractivity contribution in [3.8, 4) is 0 Å². The van der Waals surface area contributed by atoms with Gasteiger partial charge in [-0.2, -0.15) is 0 Å². The number of nitrogens with one attached hydrogen (secondary N) is 1. The van der Waals surface area contributed by atoms with Gasteiger partial charge in [0.15, 0.2) is 4.96 Å². The topological polar surface area (TPSA) is 66.6 Å². The van der Waals surface area contributed by atoms with Crippen molar-refractivity contribution in [1.82, 2.24) is 14.7 Å². The maximum absolute atomic E-state index is 12.2. The fourth-order valence-electron chi connectivity index (χ4n) is 2.67. The van der Waals surface area contributed by atoms with Gasteiger partial charge in [-0.15, -0.1) is 0 Å². The lowest BCUT2D eigenvalue weighted by Crippen LogP contribution is -2.32. The Morgan fingerprint density at radius 3 is 3.16 bits per heavy atom. The highest BCUT2D eigenvalue weighted by atomic mass is 32.1. The minimum atomic E-state index is -0.262. The molecule has 1 aliphatic rings. The highest BCUT2D eigenvalue weighted by Crippen LogP contribution is 2.25. The third-order valence-electron chi connectivity index (χ3n) is 3.84. The largest absolute Gasteiger partial charge is 0.393 e. The van der Waals surface area contributed by atoms with Gasteiger partial charge in [0.25, 0.3) is 5.91 Å². The summed E-state index contributed by atoms with van der Waals surface area (Å²) in [4.78, 5) is 17.9.